The molecule has 0 amide bonds. The molecule has 92 valence electrons. The number of nitrogens with two attached hydrogens (primary N) is 1. The van der Waals surface area contributed by atoms with Gasteiger partial charge in [-0.15, -0.1) is 0 Å². The Bertz CT molecular complexity index is 501. The number of nitrogen functional groups attached to an aromatic ring is 1. The van der Waals surface area contributed by atoms with Crippen molar-refractivity contribution in [3.05, 3.63) is 24.3 Å². The highest BCUT2D eigenvalue weighted by Crippen LogP contribution is 2.27. The molecule has 0 radical (unpaired) electrons. The second kappa shape index (κ2) is 4.78. The molecule has 2 rings (SSSR count). The van der Waals surface area contributed by atoms with Gasteiger partial charge in [-0.1, -0.05) is 32.4 Å². The number of anilines is 1. The van der Waals surface area contributed by atoms with Crippen molar-refractivity contribution < 1.29 is 0 Å². The van der Waals surface area contributed by atoms with Crippen LogP contribution in [0.1, 0.15) is 39.7 Å². The summed E-state index contributed by atoms with van der Waals surface area (Å²) in [5.41, 5.74) is 8.15. The number of para-hydroxylation sites is 2. The zero-order valence-electron chi connectivity index (χ0n) is 10.9. The van der Waals surface area contributed by atoms with Crippen LogP contribution in [0.15, 0.2) is 24.3 Å². The van der Waals surface area contributed by atoms with Gasteiger partial charge in [-0.25, -0.2) is 4.98 Å². The van der Waals surface area contributed by atoms with Crippen molar-refractivity contribution in [3.63, 3.8) is 0 Å². The summed E-state index contributed by atoms with van der Waals surface area (Å²) in [6.45, 7) is 6.73. The summed E-state index contributed by atoms with van der Waals surface area (Å²) in [6.07, 6.45) is 2.35. The molecule has 0 fully saturated rings. The Morgan fingerprint density at radius 2 is 2.00 bits per heavy atom. The molecule has 0 saturated heterocycles. The number of hydrogen-bond acceptors (Lipinski definition) is 2. The lowest BCUT2D eigenvalue weighted by Crippen LogP contribution is -2.11. The summed E-state index contributed by atoms with van der Waals surface area (Å²) >= 11 is 0. The zero-order valence-corrected chi connectivity index (χ0v) is 10.9. The van der Waals surface area contributed by atoms with Crippen LogP contribution in [0, 0.1) is 5.92 Å². The van der Waals surface area contributed by atoms with E-state index >= 15 is 0 Å². The van der Waals surface area contributed by atoms with E-state index in [1.54, 1.807) is 0 Å². The quantitative estimate of drug-likeness (QED) is 0.873. The molecule has 1 heterocycles. The SMILES string of the molecule is CCC(C)CC(C)n1c(N)nc2ccccc21. The predicted molar refractivity (Wildman–Crippen MR) is 72.9 cm³/mol. The van der Waals surface area contributed by atoms with Crippen molar-refractivity contribution in [2.75, 3.05) is 5.73 Å². The van der Waals surface area contributed by atoms with Crippen LogP contribution in [0.4, 0.5) is 5.95 Å². The average Bonchev–Trinajstić information content (AvgIpc) is 2.64. The molecule has 2 aromatic rings. The van der Waals surface area contributed by atoms with Crippen molar-refractivity contribution in [2.45, 2.75) is 39.7 Å². The molecular weight excluding hydrogens is 210 g/mol. The third-order valence-electron chi connectivity index (χ3n) is 3.50. The van der Waals surface area contributed by atoms with E-state index < -0.39 is 0 Å². The van der Waals surface area contributed by atoms with Crippen molar-refractivity contribution in [2.24, 2.45) is 5.92 Å². The maximum Gasteiger partial charge on any atom is 0.201 e. The van der Waals surface area contributed by atoms with E-state index in [9.17, 15) is 0 Å². The van der Waals surface area contributed by atoms with Gasteiger partial charge < -0.3 is 10.3 Å². The lowest BCUT2D eigenvalue weighted by atomic mass is 10.00. The summed E-state index contributed by atoms with van der Waals surface area (Å²) in [5.74, 6) is 1.34. The topological polar surface area (TPSA) is 43.8 Å². The molecule has 2 unspecified atom stereocenters. The number of fused-ring (bicyclic) bond motifs is 1. The number of benzene rings is 1. The van der Waals surface area contributed by atoms with Crippen molar-refractivity contribution in [1.29, 1.82) is 0 Å². The lowest BCUT2D eigenvalue weighted by Gasteiger charge is -2.19. The van der Waals surface area contributed by atoms with Crippen molar-refractivity contribution in [1.82, 2.24) is 9.55 Å². The van der Waals surface area contributed by atoms with E-state index in [0.29, 0.717) is 17.9 Å². The van der Waals surface area contributed by atoms with Gasteiger partial charge in [0.05, 0.1) is 11.0 Å². The maximum atomic E-state index is 6.02. The Morgan fingerprint density at radius 3 is 2.71 bits per heavy atom. The number of imidazole rings is 1. The minimum absolute atomic E-state index is 0.400. The number of nitrogens with zero attached hydrogens (tertiary/aromatic N) is 2. The second-order valence-corrected chi connectivity index (χ2v) is 4.93. The Kier molecular flexibility index (Phi) is 3.36. The fraction of sp³-hybridized carbons (Fsp3) is 0.500. The number of rotatable bonds is 4. The van der Waals surface area contributed by atoms with Crippen LogP contribution in [0.2, 0.25) is 0 Å². The standard InChI is InChI=1S/C14H21N3/c1-4-10(2)9-11(3)17-13-8-6-5-7-12(13)16-14(17)15/h5-8,10-11H,4,9H2,1-3H3,(H2,15,16). The van der Waals surface area contributed by atoms with Crippen LogP contribution >= 0.6 is 0 Å². The molecule has 17 heavy (non-hydrogen) atoms. The van der Waals surface area contributed by atoms with Crippen LogP contribution in [0.25, 0.3) is 11.0 Å². The van der Waals surface area contributed by atoms with Gasteiger partial charge in [0.1, 0.15) is 0 Å². The van der Waals surface area contributed by atoms with Gasteiger partial charge in [0, 0.05) is 6.04 Å². The van der Waals surface area contributed by atoms with E-state index in [2.05, 4.69) is 36.4 Å². The van der Waals surface area contributed by atoms with Gasteiger partial charge in [-0.05, 0) is 31.4 Å². The minimum Gasteiger partial charge on any atom is -0.369 e. The first-order valence-electron chi connectivity index (χ1n) is 6.36. The molecule has 2 atom stereocenters. The van der Waals surface area contributed by atoms with E-state index in [0.717, 1.165) is 17.5 Å². The molecule has 0 aliphatic carbocycles. The fourth-order valence-corrected chi connectivity index (χ4v) is 2.38. The number of hydrogen-bond donors (Lipinski definition) is 1. The third kappa shape index (κ3) is 2.28. The first-order valence-corrected chi connectivity index (χ1v) is 6.36. The lowest BCUT2D eigenvalue weighted by molar-refractivity contribution is 0.407. The molecule has 0 spiro atoms. The molecule has 0 aliphatic rings. The Morgan fingerprint density at radius 1 is 1.29 bits per heavy atom. The first kappa shape index (κ1) is 12.0. The smallest absolute Gasteiger partial charge is 0.201 e. The van der Waals surface area contributed by atoms with Gasteiger partial charge >= 0.3 is 0 Å². The van der Waals surface area contributed by atoms with Crippen LogP contribution in [-0.4, -0.2) is 9.55 Å². The Hall–Kier alpha value is -1.51. The normalized spacial score (nSPS) is 15.0. The average molecular weight is 231 g/mol. The van der Waals surface area contributed by atoms with Gasteiger partial charge in [0.15, 0.2) is 0 Å². The summed E-state index contributed by atoms with van der Waals surface area (Å²) in [6, 6.07) is 8.54. The summed E-state index contributed by atoms with van der Waals surface area (Å²) in [7, 11) is 0. The van der Waals surface area contributed by atoms with Crippen molar-refractivity contribution >= 4 is 17.0 Å². The van der Waals surface area contributed by atoms with E-state index in [1.807, 2.05) is 18.2 Å². The molecule has 1 aromatic heterocycles. The first-order chi connectivity index (χ1) is 8.13. The highest BCUT2D eigenvalue weighted by molar-refractivity contribution is 5.78. The molecule has 0 bridgehead atoms. The molecule has 2 N–H and O–H groups in total. The molecular formula is C14H21N3. The largest absolute Gasteiger partial charge is 0.369 e. The van der Waals surface area contributed by atoms with Crippen LogP contribution in [0.3, 0.4) is 0 Å². The molecule has 0 saturated carbocycles. The summed E-state index contributed by atoms with van der Waals surface area (Å²) in [4.78, 5) is 4.41. The monoisotopic (exact) mass is 231 g/mol. The molecule has 0 aliphatic heterocycles. The molecule has 1 aromatic carbocycles. The third-order valence-corrected chi connectivity index (χ3v) is 3.50. The second-order valence-electron chi connectivity index (χ2n) is 4.93. The fourth-order valence-electron chi connectivity index (χ4n) is 2.38. The van der Waals surface area contributed by atoms with Gasteiger partial charge in [0.2, 0.25) is 5.95 Å². The Labute approximate surface area is 103 Å². The maximum absolute atomic E-state index is 6.02. The van der Waals surface area contributed by atoms with E-state index in [4.69, 9.17) is 5.73 Å². The summed E-state index contributed by atoms with van der Waals surface area (Å²) < 4.78 is 2.15. The van der Waals surface area contributed by atoms with Gasteiger partial charge in [0.25, 0.3) is 0 Å². The zero-order chi connectivity index (χ0) is 12.4. The minimum atomic E-state index is 0.400. The highest BCUT2D eigenvalue weighted by atomic mass is 15.2. The van der Waals surface area contributed by atoms with E-state index in [1.165, 1.54) is 6.42 Å². The molecule has 3 nitrogen and oxygen atoms in total. The predicted octanol–water partition coefficient (Wildman–Crippen LogP) is 3.62. The highest BCUT2D eigenvalue weighted by Gasteiger charge is 2.15. The number of aromatic nitrogens is 2. The molecule has 3 heteroatoms. The van der Waals surface area contributed by atoms with Gasteiger partial charge in [-0.3, -0.25) is 0 Å². The van der Waals surface area contributed by atoms with Crippen LogP contribution < -0.4 is 5.73 Å². The van der Waals surface area contributed by atoms with Crippen molar-refractivity contribution in [3.8, 4) is 0 Å². The van der Waals surface area contributed by atoms with E-state index in [-0.39, 0.29) is 0 Å². The van der Waals surface area contributed by atoms with Crippen LogP contribution in [0.5, 0.6) is 0 Å². The summed E-state index contributed by atoms with van der Waals surface area (Å²) in [5, 5.41) is 0. The van der Waals surface area contributed by atoms with Gasteiger partial charge in [-0.2, -0.15) is 0 Å². The van der Waals surface area contributed by atoms with Crippen LogP contribution in [-0.2, 0) is 0 Å². The Balaban J connectivity index is 2.37.